The Balaban J connectivity index is 0.00000312. The van der Waals surface area contributed by atoms with Gasteiger partial charge in [-0.05, 0) is 13.0 Å². The van der Waals surface area contributed by atoms with Gasteiger partial charge in [-0.2, -0.15) is 0 Å². The number of benzene rings is 1. The Morgan fingerprint density at radius 1 is 1.44 bits per heavy atom. The monoisotopic (exact) mass is 472 g/mol. The molecule has 0 atom stereocenters. The van der Waals surface area contributed by atoms with Crippen molar-refractivity contribution in [3.8, 4) is 5.75 Å². The van der Waals surface area contributed by atoms with Crippen molar-refractivity contribution in [2.24, 2.45) is 4.99 Å². The van der Waals surface area contributed by atoms with E-state index in [0.29, 0.717) is 13.2 Å². The lowest BCUT2D eigenvalue weighted by molar-refractivity contribution is 0.358. The molecule has 0 aliphatic heterocycles. The standard InChI is InChI=1S/C18H24N4OS.HI/c1-5-10-23-17-9-7-6-8-15(17)11-20-18(19-3)22(4)12-16-13-24-14(2)21-16;/h5-9,13H,1,10-12H2,2-4H3,(H,19,20);1H. The second kappa shape index (κ2) is 11.1. The molecule has 0 aliphatic rings. The number of nitrogens with zero attached hydrogens (tertiary/aromatic N) is 3. The molecule has 2 rings (SSSR count). The molecule has 0 saturated carbocycles. The van der Waals surface area contributed by atoms with Gasteiger partial charge in [-0.3, -0.25) is 4.99 Å². The van der Waals surface area contributed by atoms with Crippen molar-refractivity contribution in [2.75, 3.05) is 20.7 Å². The molecule has 1 aromatic heterocycles. The number of thiazole rings is 1. The summed E-state index contributed by atoms with van der Waals surface area (Å²) in [5, 5.41) is 6.53. The van der Waals surface area contributed by atoms with Crippen LogP contribution < -0.4 is 10.1 Å². The minimum atomic E-state index is 0. The van der Waals surface area contributed by atoms with E-state index in [2.05, 4.69) is 32.2 Å². The van der Waals surface area contributed by atoms with E-state index < -0.39 is 0 Å². The van der Waals surface area contributed by atoms with Gasteiger partial charge in [0.1, 0.15) is 12.4 Å². The Morgan fingerprint density at radius 3 is 2.84 bits per heavy atom. The van der Waals surface area contributed by atoms with Crippen molar-refractivity contribution in [1.82, 2.24) is 15.2 Å². The Kier molecular flexibility index (Phi) is 9.51. The smallest absolute Gasteiger partial charge is 0.194 e. The van der Waals surface area contributed by atoms with Crippen LogP contribution in [0.2, 0.25) is 0 Å². The van der Waals surface area contributed by atoms with Crippen LogP contribution in [0.4, 0.5) is 0 Å². The van der Waals surface area contributed by atoms with Gasteiger partial charge >= 0.3 is 0 Å². The third-order valence-electron chi connectivity index (χ3n) is 3.41. The van der Waals surface area contributed by atoms with Crippen molar-refractivity contribution in [1.29, 1.82) is 0 Å². The average Bonchev–Trinajstić information content (AvgIpc) is 2.99. The van der Waals surface area contributed by atoms with Crippen LogP contribution in [0.5, 0.6) is 5.75 Å². The van der Waals surface area contributed by atoms with Gasteiger partial charge in [-0.1, -0.05) is 30.9 Å². The molecule has 0 bridgehead atoms. The Labute approximate surface area is 170 Å². The maximum atomic E-state index is 5.69. The van der Waals surface area contributed by atoms with E-state index in [0.717, 1.165) is 34.5 Å². The molecular weight excluding hydrogens is 447 g/mol. The zero-order chi connectivity index (χ0) is 17.4. The highest BCUT2D eigenvalue weighted by Gasteiger charge is 2.10. The highest BCUT2D eigenvalue weighted by Crippen LogP contribution is 2.18. The lowest BCUT2D eigenvalue weighted by atomic mass is 10.2. The maximum Gasteiger partial charge on any atom is 0.194 e. The van der Waals surface area contributed by atoms with Crippen molar-refractivity contribution in [2.45, 2.75) is 20.0 Å². The van der Waals surface area contributed by atoms with Crippen molar-refractivity contribution in [3.05, 3.63) is 58.6 Å². The number of hydrogen-bond acceptors (Lipinski definition) is 4. The number of guanidine groups is 1. The fraction of sp³-hybridized carbons (Fsp3) is 0.333. The molecule has 0 radical (unpaired) electrons. The first-order valence-electron chi connectivity index (χ1n) is 7.78. The quantitative estimate of drug-likeness (QED) is 0.288. The predicted octanol–water partition coefficient (Wildman–Crippen LogP) is 3.84. The summed E-state index contributed by atoms with van der Waals surface area (Å²) in [6, 6.07) is 7.98. The number of aliphatic imine (C=N–C) groups is 1. The minimum Gasteiger partial charge on any atom is -0.489 e. The largest absolute Gasteiger partial charge is 0.489 e. The molecule has 0 amide bonds. The maximum absolute atomic E-state index is 5.69. The Hall–Kier alpha value is -1.61. The first-order valence-corrected chi connectivity index (χ1v) is 8.66. The molecule has 0 spiro atoms. The zero-order valence-corrected chi connectivity index (χ0v) is 18.0. The summed E-state index contributed by atoms with van der Waals surface area (Å²) in [4.78, 5) is 10.9. The lowest BCUT2D eigenvalue weighted by Gasteiger charge is -2.21. The number of para-hydroxylation sites is 1. The molecule has 136 valence electrons. The van der Waals surface area contributed by atoms with Crippen LogP contribution in [-0.4, -0.2) is 36.5 Å². The van der Waals surface area contributed by atoms with Crippen LogP contribution in [0.25, 0.3) is 0 Å². The van der Waals surface area contributed by atoms with Crippen LogP contribution >= 0.6 is 35.3 Å². The molecule has 5 nitrogen and oxygen atoms in total. The van der Waals surface area contributed by atoms with Gasteiger partial charge in [0.05, 0.1) is 17.2 Å². The van der Waals surface area contributed by atoms with Gasteiger partial charge in [0.2, 0.25) is 0 Å². The van der Waals surface area contributed by atoms with Gasteiger partial charge < -0.3 is 15.0 Å². The van der Waals surface area contributed by atoms with E-state index >= 15 is 0 Å². The fourth-order valence-electron chi connectivity index (χ4n) is 2.30. The number of rotatable bonds is 7. The minimum absolute atomic E-state index is 0. The number of halogens is 1. The number of nitrogens with one attached hydrogen (secondary N) is 1. The van der Waals surface area contributed by atoms with E-state index in [1.54, 1.807) is 24.5 Å². The highest BCUT2D eigenvalue weighted by molar-refractivity contribution is 14.0. The van der Waals surface area contributed by atoms with E-state index in [4.69, 9.17) is 4.74 Å². The molecule has 1 N–H and O–H groups in total. The Bertz CT molecular complexity index is 702. The van der Waals surface area contributed by atoms with Gasteiger partial charge in [0.15, 0.2) is 5.96 Å². The molecule has 0 saturated heterocycles. The van der Waals surface area contributed by atoms with Gasteiger partial charge in [0.25, 0.3) is 0 Å². The van der Waals surface area contributed by atoms with Crippen molar-refractivity contribution >= 4 is 41.3 Å². The average molecular weight is 472 g/mol. The summed E-state index contributed by atoms with van der Waals surface area (Å²) in [5.74, 6) is 1.68. The predicted molar refractivity (Wildman–Crippen MR) is 116 cm³/mol. The lowest BCUT2D eigenvalue weighted by Crippen LogP contribution is -2.38. The number of ether oxygens (including phenoxy) is 1. The van der Waals surface area contributed by atoms with Gasteiger partial charge in [-0.15, -0.1) is 35.3 Å². The second-order valence-electron chi connectivity index (χ2n) is 5.32. The number of hydrogen-bond donors (Lipinski definition) is 1. The molecule has 25 heavy (non-hydrogen) atoms. The SMILES string of the molecule is C=CCOc1ccccc1CNC(=NC)N(C)Cc1csc(C)n1.I. The zero-order valence-electron chi connectivity index (χ0n) is 14.9. The van der Waals surface area contributed by atoms with Crippen molar-refractivity contribution in [3.63, 3.8) is 0 Å². The number of aromatic nitrogens is 1. The summed E-state index contributed by atoms with van der Waals surface area (Å²) in [6.45, 7) is 7.56. The van der Waals surface area contributed by atoms with E-state index in [9.17, 15) is 0 Å². The summed E-state index contributed by atoms with van der Waals surface area (Å²) >= 11 is 1.66. The molecular formula is C18H25IN4OS. The number of aryl methyl sites for hydroxylation is 1. The summed E-state index contributed by atoms with van der Waals surface area (Å²) in [6.07, 6.45) is 1.74. The van der Waals surface area contributed by atoms with Crippen LogP contribution in [0.1, 0.15) is 16.3 Å². The van der Waals surface area contributed by atoms with E-state index in [1.165, 1.54) is 0 Å². The van der Waals surface area contributed by atoms with Crippen LogP contribution in [0, 0.1) is 6.92 Å². The van der Waals surface area contributed by atoms with Gasteiger partial charge in [-0.25, -0.2) is 4.98 Å². The third-order valence-corrected chi connectivity index (χ3v) is 4.23. The third kappa shape index (κ3) is 6.66. The molecule has 0 fully saturated rings. The molecule has 1 aromatic carbocycles. The first-order chi connectivity index (χ1) is 11.6. The molecule has 0 unspecified atom stereocenters. The topological polar surface area (TPSA) is 49.8 Å². The van der Waals surface area contributed by atoms with Crippen LogP contribution in [0.3, 0.4) is 0 Å². The van der Waals surface area contributed by atoms with Gasteiger partial charge in [0, 0.05) is 31.6 Å². The highest BCUT2D eigenvalue weighted by atomic mass is 127. The first kappa shape index (κ1) is 21.4. The summed E-state index contributed by atoms with van der Waals surface area (Å²) in [7, 11) is 3.79. The van der Waals surface area contributed by atoms with Crippen LogP contribution in [-0.2, 0) is 13.1 Å². The summed E-state index contributed by atoms with van der Waals surface area (Å²) in [5.41, 5.74) is 2.14. The van der Waals surface area contributed by atoms with E-state index in [1.807, 2.05) is 38.2 Å². The Morgan fingerprint density at radius 2 is 2.20 bits per heavy atom. The molecule has 2 aromatic rings. The van der Waals surface area contributed by atoms with Crippen molar-refractivity contribution < 1.29 is 4.74 Å². The normalized spacial score (nSPS) is 10.8. The second-order valence-corrected chi connectivity index (χ2v) is 6.38. The summed E-state index contributed by atoms with van der Waals surface area (Å²) < 4.78 is 5.69. The van der Waals surface area contributed by atoms with Crippen LogP contribution in [0.15, 0.2) is 47.3 Å². The van der Waals surface area contributed by atoms with E-state index in [-0.39, 0.29) is 24.0 Å². The molecule has 7 heteroatoms. The molecule has 0 aliphatic carbocycles. The molecule has 1 heterocycles. The fourth-order valence-corrected chi connectivity index (χ4v) is 2.90.